The summed E-state index contributed by atoms with van der Waals surface area (Å²) in [6.45, 7) is 1.83. The molecular weight excluding hydrogens is 190 g/mol. The molecule has 5 nitrogen and oxygen atoms in total. The van der Waals surface area contributed by atoms with Gasteiger partial charge in [-0.05, 0) is 11.5 Å². The summed E-state index contributed by atoms with van der Waals surface area (Å²) in [4.78, 5) is 9.78. The second-order valence-electron chi connectivity index (χ2n) is 1.39. The first-order valence-electron chi connectivity index (χ1n) is 2.70. The van der Waals surface area contributed by atoms with E-state index < -0.39 is 16.5 Å². The van der Waals surface area contributed by atoms with Crippen LogP contribution in [-0.2, 0) is 18.0 Å². The molecule has 2 unspecified atom stereocenters. The van der Waals surface area contributed by atoms with Crippen LogP contribution in [0.5, 0.6) is 0 Å². The molecule has 0 N–H and O–H groups in total. The van der Waals surface area contributed by atoms with Gasteiger partial charge in [-0.1, -0.05) is 12.2 Å². The van der Waals surface area contributed by atoms with Crippen molar-refractivity contribution < 1.29 is 22.9 Å². The van der Waals surface area contributed by atoms with E-state index in [2.05, 4.69) is 8.83 Å². The molecule has 0 bridgehead atoms. The molecule has 2 atom stereocenters. The van der Waals surface area contributed by atoms with Crippen LogP contribution >= 0.6 is 16.5 Å². The van der Waals surface area contributed by atoms with Gasteiger partial charge in [-0.2, -0.15) is 0 Å². The van der Waals surface area contributed by atoms with E-state index in [1.54, 1.807) is 19.1 Å². The largest absolute Gasteiger partial charge is 0.744 e. The minimum Gasteiger partial charge on any atom is -0.563 e. The lowest BCUT2D eigenvalue weighted by molar-refractivity contribution is -0.178. The highest BCUT2D eigenvalue weighted by atomic mass is 31.2. The molecule has 0 aliphatic heterocycles. The molecule has 0 spiro atoms. The molecule has 0 aromatic rings. The fraction of sp³-hybridized carbons (Fsp3) is 0.500. The van der Waals surface area contributed by atoms with Gasteiger partial charge < -0.3 is 4.89 Å². The van der Waals surface area contributed by atoms with Gasteiger partial charge in [0.05, 0.1) is 0 Å². The maximum Gasteiger partial charge on any atom is 0.744 e. The lowest BCUT2D eigenvalue weighted by atomic mass is 10.6. The summed E-state index contributed by atoms with van der Waals surface area (Å²) in [6, 6.07) is 0. The van der Waals surface area contributed by atoms with Crippen molar-refractivity contribution in [2.75, 3.05) is 6.61 Å². The van der Waals surface area contributed by atoms with Gasteiger partial charge in [0.1, 0.15) is 10.9 Å². The molecule has 0 amide bonds. The average molecular weight is 197 g/mol. The fourth-order valence-electron chi connectivity index (χ4n) is 0.278. The maximum absolute atomic E-state index is 10.4. The first-order chi connectivity index (χ1) is 5.16. The summed E-state index contributed by atoms with van der Waals surface area (Å²) < 4.78 is 28.4. The van der Waals surface area contributed by atoms with E-state index in [4.69, 9.17) is 0 Å². The topological polar surface area (TPSA) is 75.7 Å². The second-order valence-corrected chi connectivity index (χ2v) is 3.20. The molecule has 0 aromatic heterocycles. The van der Waals surface area contributed by atoms with Gasteiger partial charge in [-0.15, -0.1) is 4.52 Å². The summed E-state index contributed by atoms with van der Waals surface area (Å²) in [5.74, 6) is 0. The molecule has 0 fully saturated rings. The predicted molar refractivity (Wildman–Crippen MR) is 37.1 cm³/mol. The number of hydrogen-bond donors (Lipinski definition) is 0. The third kappa shape index (κ3) is 7.72. The molecule has 0 aliphatic rings. The Bertz CT molecular complexity index is 177. The third-order valence-electron chi connectivity index (χ3n) is 0.645. The molecule has 0 aromatic carbocycles. The lowest BCUT2D eigenvalue weighted by Gasteiger charge is -1.77. The van der Waals surface area contributed by atoms with Gasteiger partial charge in [0.25, 0.3) is 0 Å². The van der Waals surface area contributed by atoms with E-state index in [9.17, 15) is 14.0 Å². The smallest absolute Gasteiger partial charge is 0.563 e. The van der Waals surface area contributed by atoms with E-state index in [0.29, 0.717) is 0 Å². The van der Waals surface area contributed by atoms with E-state index >= 15 is 0 Å². The zero-order chi connectivity index (χ0) is 8.69. The normalized spacial score (nSPS) is 13.6. The Hall–Kier alpha value is -0.180. The maximum atomic E-state index is 10.4. The molecule has 0 saturated carbocycles. The first-order valence-corrected chi connectivity index (χ1v) is 4.89. The highest BCUT2D eigenvalue weighted by Gasteiger charge is 2.29. The third-order valence-corrected chi connectivity index (χ3v) is 2.07. The monoisotopic (exact) mass is 197 g/mol. The van der Waals surface area contributed by atoms with Gasteiger partial charge in [0.15, 0.2) is 0 Å². The standard InChI is InChI=1S/C4H7O5P2/c1-2-3-4-8-11(7)9-10(5)6/h2-3H,4H2,1H3/q+1/b3-2+. The highest BCUT2D eigenvalue weighted by molar-refractivity contribution is 7.46. The van der Waals surface area contributed by atoms with Crippen molar-refractivity contribution >= 4 is 16.5 Å². The van der Waals surface area contributed by atoms with Crippen LogP contribution < -0.4 is 4.89 Å². The number of rotatable bonds is 5. The molecule has 0 saturated heterocycles. The van der Waals surface area contributed by atoms with Crippen LogP contribution in [0.1, 0.15) is 6.92 Å². The first kappa shape index (κ1) is 10.8. The molecule has 0 rings (SSSR count). The van der Waals surface area contributed by atoms with Crippen molar-refractivity contribution in [3.63, 3.8) is 0 Å². The molecule has 0 heterocycles. The van der Waals surface area contributed by atoms with Crippen molar-refractivity contribution in [1.29, 1.82) is 0 Å². The minimum absolute atomic E-state index is 0.0783. The Morgan fingerprint density at radius 2 is 2.18 bits per heavy atom. The molecule has 0 radical (unpaired) electrons. The van der Waals surface area contributed by atoms with Crippen molar-refractivity contribution in [1.82, 2.24) is 0 Å². The zero-order valence-corrected chi connectivity index (χ0v) is 7.59. The van der Waals surface area contributed by atoms with E-state index in [0.717, 1.165) is 0 Å². The Kier molecular flexibility index (Phi) is 6.42. The van der Waals surface area contributed by atoms with Crippen molar-refractivity contribution in [3.8, 4) is 0 Å². The number of hydrogen-bond acceptors (Lipinski definition) is 5. The SMILES string of the molecule is C/C=C/CO[P+](=O)O[P+](=O)[O-]. The van der Waals surface area contributed by atoms with Crippen molar-refractivity contribution in [3.05, 3.63) is 12.2 Å². The Labute approximate surface area is 65.9 Å². The van der Waals surface area contributed by atoms with Crippen LogP contribution in [0.3, 0.4) is 0 Å². The summed E-state index contributed by atoms with van der Waals surface area (Å²) in [5.41, 5.74) is 0. The molecule has 11 heavy (non-hydrogen) atoms. The van der Waals surface area contributed by atoms with E-state index in [1.807, 2.05) is 0 Å². The predicted octanol–water partition coefficient (Wildman–Crippen LogP) is 1.27. The zero-order valence-electron chi connectivity index (χ0n) is 5.80. The number of allylic oxidation sites excluding steroid dienone is 1. The summed E-state index contributed by atoms with van der Waals surface area (Å²) in [6.07, 6.45) is 3.26. The minimum atomic E-state index is -3.09. The second kappa shape index (κ2) is 6.53. The van der Waals surface area contributed by atoms with Crippen LogP contribution in [-0.4, -0.2) is 6.61 Å². The molecular formula is C4H7O5P2+. The lowest BCUT2D eigenvalue weighted by Crippen LogP contribution is -1.87. The average Bonchev–Trinajstić information content (AvgIpc) is 1.86. The molecule has 0 aliphatic carbocycles. The summed E-state index contributed by atoms with van der Waals surface area (Å²) in [7, 11) is -5.62. The Morgan fingerprint density at radius 3 is 2.64 bits per heavy atom. The highest BCUT2D eigenvalue weighted by Crippen LogP contribution is 2.33. The molecule has 62 valence electrons. The summed E-state index contributed by atoms with van der Waals surface area (Å²) >= 11 is 0. The van der Waals surface area contributed by atoms with Crippen LogP contribution in [0, 0.1) is 0 Å². The van der Waals surface area contributed by atoms with E-state index in [1.165, 1.54) is 0 Å². The van der Waals surface area contributed by atoms with E-state index in [-0.39, 0.29) is 6.61 Å². The van der Waals surface area contributed by atoms with Gasteiger partial charge in [-0.3, -0.25) is 0 Å². The van der Waals surface area contributed by atoms with Gasteiger partial charge in [0.2, 0.25) is 0 Å². The van der Waals surface area contributed by atoms with Crippen LogP contribution in [0.25, 0.3) is 0 Å². The van der Waals surface area contributed by atoms with Gasteiger partial charge >= 0.3 is 16.5 Å². The van der Waals surface area contributed by atoms with Crippen molar-refractivity contribution in [2.45, 2.75) is 6.92 Å². The van der Waals surface area contributed by atoms with Gasteiger partial charge in [0, 0.05) is 4.57 Å². The van der Waals surface area contributed by atoms with Crippen molar-refractivity contribution in [2.24, 2.45) is 0 Å². The molecule has 7 heteroatoms. The summed E-state index contributed by atoms with van der Waals surface area (Å²) in [5, 5.41) is 0. The fourth-order valence-corrected chi connectivity index (χ4v) is 1.11. The van der Waals surface area contributed by atoms with Crippen LogP contribution in [0.2, 0.25) is 0 Å². The van der Waals surface area contributed by atoms with Crippen LogP contribution in [0.4, 0.5) is 0 Å². The Balaban J connectivity index is 3.45. The van der Waals surface area contributed by atoms with Crippen LogP contribution in [0.15, 0.2) is 12.2 Å². The Morgan fingerprint density at radius 1 is 1.55 bits per heavy atom. The van der Waals surface area contributed by atoms with Gasteiger partial charge in [-0.25, -0.2) is 0 Å². The quantitative estimate of drug-likeness (QED) is 0.489.